The van der Waals surface area contributed by atoms with Gasteiger partial charge in [-0.05, 0) is 31.6 Å². The van der Waals surface area contributed by atoms with E-state index < -0.39 is 97.5 Å². The minimum absolute atomic E-state index is 0.102. The highest BCUT2D eigenvalue weighted by atomic mass is 31.2. The van der Waals surface area contributed by atoms with Gasteiger partial charge in [0.15, 0.2) is 12.2 Å². The van der Waals surface area contributed by atoms with Gasteiger partial charge in [0.25, 0.3) is 0 Å². The Kier molecular flexibility index (Phi) is 58.3. The summed E-state index contributed by atoms with van der Waals surface area (Å²) in [6.45, 7) is 7.07. The first-order valence-corrected chi connectivity index (χ1v) is 37.7. The van der Waals surface area contributed by atoms with Crippen molar-refractivity contribution in [1.82, 2.24) is 0 Å². The lowest BCUT2D eigenvalue weighted by Gasteiger charge is -2.21. The Balaban J connectivity index is 5.12. The Labute approximate surface area is 517 Å². The van der Waals surface area contributed by atoms with Gasteiger partial charge in [-0.3, -0.25) is 37.3 Å². The van der Waals surface area contributed by atoms with Crippen LogP contribution in [0.5, 0.6) is 0 Å². The zero-order valence-electron chi connectivity index (χ0n) is 54.7. The van der Waals surface area contributed by atoms with Crippen molar-refractivity contribution in [3.8, 4) is 0 Å². The second-order valence-corrected chi connectivity index (χ2v) is 27.0. The minimum Gasteiger partial charge on any atom is -0.462 e. The minimum atomic E-state index is -4.94. The molecule has 0 rings (SSSR count). The molecule has 0 amide bonds. The normalized spacial score (nSPS) is 14.5. The summed E-state index contributed by atoms with van der Waals surface area (Å²) < 4.78 is 67.9. The van der Waals surface area contributed by atoms with Crippen LogP contribution in [0, 0.1) is 5.92 Å². The number of rotatable bonds is 66. The van der Waals surface area contributed by atoms with Crippen molar-refractivity contribution in [1.29, 1.82) is 0 Å². The lowest BCUT2D eigenvalue weighted by molar-refractivity contribution is -0.161. The molecule has 3 N–H and O–H groups in total. The van der Waals surface area contributed by atoms with Crippen molar-refractivity contribution in [2.24, 2.45) is 5.92 Å². The van der Waals surface area contributed by atoms with E-state index in [1.165, 1.54) is 154 Å². The molecule has 0 aromatic heterocycles. The molecule has 0 saturated carbocycles. The number of phosphoric ester groups is 2. The summed E-state index contributed by atoms with van der Waals surface area (Å²) in [5.74, 6) is -1.42. The van der Waals surface area contributed by atoms with Crippen LogP contribution in [0.25, 0.3) is 0 Å². The molecule has 19 heteroatoms. The van der Waals surface area contributed by atoms with E-state index in [2.05, 4.69) is 34.6 Å². The Morgan fingerprint density at radius 3 is 0.835 bits per heavy atom. The molecule has 6 atom stereocenters. The molecule has 0 saturated heterocycles. The van der Waals surface area contributed by atoms with Crippen molar-refractivity contribution in [3.05, 3.63) is 0 Å². The fourth-order valence-corrected chi connectivity index (χ4v) is 11.5. The molecule has 0 aromatic carbocycles. The predicted octanol–water partition coefficient (Wildman–Crippen LogP) is 18.6. The van der Waals surface area contributed by atoms with Gasteiger partial charge < -0.3 is 33.8 Å². The number of hydrogen-bond acceptors (Lipinski definition) is 15. The molecular weight excluding hydrogens is 1130 g/mol. The SMILES string of the molecule is CCCCCCCCCCCCCCCCCCCCCC(=O)O[C@H](COC(=O)CCCCCCCCCCCCC)COP(=O)(O)OC[C@@H](O)COP(=O)(O)OC[C@@H](COC(=O)CCCCCCC)OC(=O)CCCCCCCCC(C)CC. The van der Waals surface area contributed by atoms with E-state index in [0.29, 0.717) is 25.7 Å². The number of esters is 4. The van der Waals surface area contributed by atoms with Gasteiger partial charge in [0.2, 0.25) is 0 Å². The van der Waals surface area contributed by atoms with Crippen LogP contribution in [0.4, 0.5) is 0 Å². The summed E-state index contributed by atoms with van der Waals surface area (Å²) in [7, 11) is -9.88. The zero-order valence-corrected chi connectivity index (χ0v) is 56.5. The molecule has 17 nitrogen and oxygen atoms in total. The van der Waals surface area contributed by atoms with Gasteiger partial charge in [0, 0.05) is 25.7 Å². The Bertz CT molecular complexity index is 1650. The summed E-state index contributed by atoms with van der Waals surface area (Å²) in [5, 5.41) is 10.5. The van der Waals surface area contributed by atoms with Crippen LogP contribution < -0.4 is 0 Å². The quantitative estimate of drug-likeness (QED) is 0.0222. The van der Waals surface area contributed by atoms with Crippen LogP contribution in [-0.4, -0.2) is 96.7 Å². The molecule has 504 valence electrons. The van der Waals surface area contributed by atoms with Crippen molar-refractivity contribution in [2.45, 2.75) is 355 Å². The van der Waals surface area contributed by atoms with Crippen molar-refractivity contribution < 1.29 is 80.2 Å². The molecular formula is C66H128O17P2. The third kappa shape index (κ3) is 59.5. The van der Waals surface area contributed by atoms with Crippen LogP contribution in [0.3, 0.4) is 0 Å². The van der Waals surface area contributed by atoms with Crippen molar-refractivity contribution >= 4 is 39.5 Å². The van der Waals surface area contributed by atoms with Gasteiger partial charge in [-0.15, -0.1) is 0 Å². The number of aliphatic hydroxyl groups is 1. The summed E-state index contributed by atoms with van der Waals surface area (Å²) in [4.78, 5) is 72.0. The molecule has 3 unspecified atom stereocenters. The zero-order chi connectivity index (χ0) is 62.8. The largest absolute Gasteiger partial charge is 0.472 e. The van der Waals surface area contributed by atoms with E-state index in [0.717, 1.165) is 102 Å². The van der Waals surface area contributed by atoms with Crippen LogP contribution in [0.15, 0.2) is 0 Å². The predicted molar refractivity (Wildman–Crippen MR) is 340 cm³/mol. The van der Waals surface area contributed by atoms with E-state index >= 15 is 0 Å². The molecule has 0 aliphatic heterocycles. The fraction of sp³-hybridized carbons (Fsp3) is 0.939. The number of aliphatic hydroxyl groups excluding tert-OH is 1. The summed E-state index contributed by atoms with van der Waals surface area (Å²) in [6, 6.07) is 0. The molecule has 0 radical (unpaired) electrons. The van der Waals surface area contributed by atoms with Gasteiger partial charge in [0.05, 0.1) is 26.4 Å². The van der Waals surface area contributed by atoms with Crippen LogP contribution in [0.1, 0.15) is 336 Å². The third-order valence-corrected chi connectivity index (χ3v) is 17.5. The maximum Gasteiger partial charge on any atom is 0.472 e. The van der Waals surface area contributed by atoms with E-state index in [4.69, 9.17) is 37.0 Å². The average Bonchev–Trinajstić information content (AvgIpc) is 3.52. The molecule has 0 aromatic rings. The average molecular weight is 1260 g/mol. The molecule has 0 spiro atoms. The first kappa shape index (κ1) is 83.1. The van der Waals surface area contributed by atoms with Gasteiger partial charge in [-0.1, -0.05) is 285 Å². The number of carbonyl (C=O) groups is 4. The van der Waals surface area contributed by atoms with Crippen LogP contribution in [0.2, 0.25) is 0 Å². The van der Waals surface area contributed by atoms with Gasteiger partial charge in [-0.25, -0.2) is 9.13 Å². The Morgan fingerprint density at radius 2 is 0.565 bits per heavy atom. The second kappa shape index (κ2) is 59.7. The lowest BCUT2D eigenvalue weighted by Crippen LogP contribution is -2.30. The lowest BCUT2D eigenvalue weighted by atomic mass is 10.00. The van der Waals surface area contributed by atoms with Crippen molar-refractivity contribution in [3.63, 3.8) is 0 Å². The molecule has 0 aliphatic rings. The number of phosphoric acid groups is 2. The summed E-state index contributed by atoms with van der Waals surface area (Å²) >= 11 is 0. The molecule has 0 aliphatic carbocycles. The van der Waals surface area contributed by atoms with Crippen molar-refractivity contribution in [2.75, 3.05) is 39.6 Å². The van der Waals surface area contributed by atoms with Gasteiger partial charge >= 0.3 is 39.5 Å². The van der Waals surface area contributed by atoms with Crippen LogP contribution in [-0.2, 0) is 65.4 Å². The third-order valence-electron chi connectivity index (χ3n) is 15.6. The summed E-state index contributed by atoms with van der Waals surface area (Å²) in [6.07, 6.45) is 44.9. The molecule has 85 heavy (non-hydrogen) atoms. The maximum atomic E-state index is 13.0. The highest BCUT2D eigenvalue weighted by Gasteiger charge is 2.30. The molecule has 0 bridgehead atoms. The summed E-state index contributed by atoms with van der Waals surface area (Å²) in [5.41, 5.74) is 0. The maximum absolute atomic E-state index is 13.0. The monoisotopic (exact) mass is 1250 g/mol. The second-order valence-electron chi connectivity index (χ2n) is 24.1. The Morgan fingerprint density at radius 1 is 0.329 bits per heavy atom. The number of ether oxygens (including phenoxy) is 4. The fourth-order valence-electron chi connectivity index (χ4n) is 9.90. The number of carbonyl (C=O) groups excluding carboxylic acids is 4. The van der Waals surface area contributed by atoms with E-state index in [1.54, 1.807) is 0 Å². The highest BCUT2D eigenvalue weighted by molar-refractivity contribution is 7.47. The molecule has 0 heterocycles. The van der Waals surface area contributed by atoms with E-state index in [-0.39, 0.29) is 25.7 Å². The van der Waals surface area contributed by atoms with Gasteiger partial charge in [0.1, 0.15) is 19.3 Å². The number of hydrogen-bond donors (Lipinski definition) is 3. The smallest absolute Gasteiger partial charge is 0.462 e. The van der Waals surface area contributed by atoms with Gasteiger partial charge in [-0.2, -0.15) is 0 Å². The highest BCUT2D eigenvalue weighted by Crippen LogP contribution is 2.45. The standard InChI is InChI=1S/C66H128O17P2/c1-6-10-13-16-18-20-22-23-24-25-26-27-28-29-31-33-35-41-46-51-65(70)82-62(56-77-64(69)50-45-40-34-32-30-21-19-17-14-11-7-2)58-81-85(74,75)79-54-60(67)53-78-84(72,73)80-57-61(55-76-63(68)49-44-38-15-12-8-3)83-66(71)52-47-42-37-36-39-43-48-59(5)9-4/h59-62,67H,6-58H2,1-5H3,(H,72,73)(H,74,75)/t59?,60-,61+,62+/m0/s1. The number of unbranched alkanes of at least 4 members (excludes halogenated alkanes) is 37. The first-order valence-electron chi connectivity index (χ1n) is 34.7. The molecule has 0 fully saturated rings. The first-order chi connectivity index (χ1) is 41.1. The van der Waals surface area contributed by atoms with E-state index in [9.17, 15) is 43.2 Å². The van der Waals surface area contributed by atoms with E-state index in [1.807, 2.05) is 0 Å². The van der Waals surface area contributed by atoms with Crippen LogP contribution >= 0.6 is 15.6 Å². The topological polar surface area (TPSA) is 237 Å². The Hall–Kier alpha value is -1.94.